The van der Waals surface area contributed by atoms with Crippen molar-refractivity contribution in [1.82, 2.24) is 20.1 Å². The molecule has 0 bridgehead atoms. The van der Waals surface area contributed by atoms with Crippen LogP contribution in [0, 0.1) is 5.82 Å². The van der Waals surface area contributed by atoms with Crippen LogP contribution in [0.3, 0.4) is 0 Å². The van der Waals surface area contributed by atoms with E-state index >= 15 is 0 Å². The lowest BCUT2D eigenvalue weighted by molar-refractivity contribution is 0.0948. The summed E-state index contributed by atoms with van der Waals surface area (Å²) in [6.07, 6.45) is 4.12. The van der Waals surface area contributed by atoms with Gasteiger partial charge in [-0.05, 0) is 54.4 Å². The van der Waals surface area contributed by atoms with Crippen LogP contribution in [0.15, 0.2) is 85.2 Å². The Hall–Kier alpha value is -3.80. The van der Waals surface area contributed by atoms with Crippen molar-refractivity contribution in [2.24, 2.45) is 0 Å². The predicted molar refractivity (Wildman–Crippen MR) is 109 cm³/mol. The van der Waals surface area contributed by atoms with Gasteiger partial charge in [-0.2, -0.15) is 5.10 Å². The van der Waals surface area contributed by atoms with E-state index < -0.39 is 0 Å². The number of pyridine rings is 1. The van der Waals surface area contributed by atoms with E-state index in [2.05, 4.69) is 15.4 Å². The largest absolute Gasteiger partial charge is 0.350 e. The topological polar surface area (TPSA) is 59.8 Å². The van der Waals surface area contributed by atoms with Gasteiger partial charge in [-0.1, -0.05) is 30.3 Å². The summed E-state index contributed by atoms with van der Waals surface area (Å²) in [5.74, 6) is -0.588. The Morgan fingerprint density at radius 2 is 1.79 bits per heavy atom. The number of benzene rings is 2. The molecule has 1 N–H and O–H groups in total. The molecule has 29 heavy (non-hydrogen) atoms. The van der Waals surface area contributed by atoms with Crippen LogP contribution >= 0.6 is 0 Å². The molecule has 1 amide bonds. The summed E-state index contributed by atoms with van der Waals surface area (Å²) in [5, 5.41) is 7.38. The fourth-order valence-corrected chi connectivity index (χ4v) is 3.05. The highest BCUT2D eigenvalue weighted by Crippen LogP contribution is 2.23. The van der Waals surface area contributed by atoms with E-state index in [-0.39, 0.29) is 11.7 Å². The fourth-order valence-electron chi connectivity index (χ4n) is 3.05. The van der Waals surface area contributed by atoms with E-state index in [1.54, 1.807) is 35.3 Å². The third-order valence-corrected chi connectivity index (χ3v) is 4.51. The van der Waals surface area contributed by atoms with Gasteiger partial charge in [0, 0.05) is 24.5 Å². The zero-order valence-corrected chi connectivity index (χ0v) is 15.6. The second-order valence-electron chi connectivity index (χ2n) is 6.54. The maximum Gasteiger partial charge on any atom is 0.271 e. The zero-order chi connectivity index (χ0) is 20.1. The first-order chi connectivity index (χ1) is 14.2. The molecule has 5 nitrogen and oxygen atoms in total. The summed E-state index contributed by atoms with van der Waals surface area (Å²) in [7, 11) is 0. The molecule has 0 aliphatic carbocycles. The highest BCUT2D eigenvalue weighted by atomic mass is 19.1. The molecule has 2 aromatic heterocycles. The van der Waals surface area contributed by atoms with Gasteiger partial charge in [0.15, 0.2) is 5.69 Å². The lowest BCUT2D eigenvalue weighted by Crippen LogP contribution is -2.26. The summed E-state index contributed by atoms with van der Waals surface area (Å²) >= 11 is 0. The third kappa shape index (κ3) is 4.38. The standard InChI is InChI=1S/C23H19FN4O/c24-19-8-10-20(11-9-19)28-22(18-7-4-13-25-16-18)15-21(27-28)23(29)26-14-12-17-5-2-1-3-6-17/h1-11,13,15-16H,12,14H2,(H,26,29). The molecule has 144 valence electrons. The average Bonchev–Trinajstić information content (AvgIpc) is 3.21. The van der Waals surface area contributed by atoms with Crippen LogP contribution in [-0.4, -0.2) is 27.2 Å². The summed E-state index contributed by atoms with van der Waals surface area (Å²) in [4.78, 5) is 16.8. The number of nitrogens with zero attached hydrogens (tertiary/aromatic N) is 3. The molecular weight excluding hydrogens is 367 g/mol. The van der Waals surface area contributed by atoms with E-state index in [1.807, 2.05) is 42.5 Å². The fraction of sp³-hybridized carbons (Fsp3) is 0.0870. The molecule has 0 aliphatic rings. The molecule has 0 radical (unpaired) electrons. The van der Waals surface area contributed by atoms with Crippen molar-refractivity contribution in [3.05, 3.63) is 102 Å². The molecule has 2 aromatic carbocycles. The lowest BCUT2D eigenvalue weighted by Gasteiger charge is -2.07. The van der Waals surface area contributed by atoms with Crippen molar-refractivity contribution in [2.75, 3.05) is 6.54 Å². The summed E-state index contributed by atoms with van der Waals surface area (Å²) in [6, 6.07) is 21.4. The van der Waals surface area contributed by atoms with Gasteiger partial charge >= 0.3 is 0 Å². The highest BCUT2D eigenvalue weighted by molar-refractivity contribution is 5.93. The van der Waals surface area contributed by atoms with E-state index in [9.17, 15) is 9.18 Å². The number of nitrogens with one attached hydrogen (secondary N) is 1. The van der Waals surface area contributed by atoms with Crippen molar-refractivity contribution < 1.29 is 9.18 Å². The number of carbonyl (C=O) groups excluding carboxylic acids is 1. The minimum atomic E-state index is -0.331. The Bertz CT molecular complexity index is 1090. The molecule has 0 saturated heterocycles. The second-order valence-corrected chi connectivity index (χ2v) is 6.54. The molecule has 0 fully saturated rings. The van der Waals surface area contributed by atoms with Crippen molar-refractivity contribution >= 4 is 5.91 Å². The van der Waals surface area contributed by atoms with Crippen LogP contribution in [0.25, 0.3) is 16.9 Å². The Kier molecular flexibility index (Phi) is 5.42. The van der Waals surface area contributed by atoms with E-state index in [1.165, 1.54) is 12.1 Å². The number of amides is 1. The first-order valence-corrected chi connectivity index (χ1v) is 9.29. The van der Waals surface area contributed by atoms with Crippen molar-refractivity contribution in [3.63, 3.8) is 0 Å². The molecule has 0 aliphatic heterocycles. The average molecular weight is 386 g/mol. The van der Waals surface area contributed by atoms with Crippen molar-refractivity contribution in [1.29, 1.82) is 0 Å². The molecule has 0 atom stereocenters. The Labute approximate surface area is 167 Å². The normalized spacial score (nSPS) is 10.7. The van der Waals surface area contributed by atoms with Crippen LogP contribution in [0.2, 0.25) is 0 Å². The highest BCUT2D eigenvalue weighted by Gasteiger charge is 2.16. The van der Waals surface area contributed by atoms with Gasteiger partial charge < -0.3 is 5.32 Å². The van der Waals surface area contributed by atoms with Crippen molar-refractivity contribution in [2.45, 2.75) is 6.42 Å². The molecule has 6 heteroatoms. The molecule has 0 spiro atoms. The summed E-state index contributed by atoms with van der Waals surface area (Å²) < 4.78 is 15.0. The van der Waals surface area contributed by atoms with E-state index in [0.29, 0.717) is 23.6 Å². The minimum absolute atomic E-state index is 0.257. The van der Waals surface area contributed by atoms with Crippen LogP contribution in [0.5, 0.6) is 0 Å². The smallest absolute Gasteiger partial charge is 0.271 e. The maximum absolute atomic E-state index is 13.3. The van der Waals surface area contributed by atoms with Crippen LogP contribution in [0.1, 0.15) is 16.1 Å². The molecule has 4 rings (SSSR count). The quantitative estimate of drug-likeness (QED) is 0.544. The minimum Gasteiger partial charge on any atom is -0.350 e. The van der Waals surface area contributed by atoms with Gasteiger partial charge in [0.05, 0.1) is 11.4 Å². The third-order valence-electron chi connectivity index (χ3n) is 4.51. The maximum atomic E-state index is 13.3. The monoisotopic (exact) mass is 386 g/mol. The molecule has 4 aromatic rings. The van der Waals surface area contributed by atoms with E-state index in [0.717, 1.165) is 17.5 Å². The second kappa shape index (κ2) is 8.48. The van der Waals surface area contributed by atoms with Crippen LogP contribution in [0.4, 0.5) is 4.39 Å². The molecule has 2 heterocycles. The molecule has 0 saturated carbocycles. The van der Waals surface area contributed by atoms with Crippen LogP contribution in [-0.2, 0) is 6.42 Å². The number of aromatic nitrogens is 3. The zero-order valence-electron chi connectivity index (χ0n) is 15.6. The Morgan fingerprint density at radius 1 is 1.00 bits per heavy atom. The number of carbonyl (C=O) groups is 1. The molecular formula is C23H19FN4O. The van der Waals surface area contributed by atoms with Gasteiger partial charge in [0.25, 0.3) is 5.91 Å². The van der Waals surface area contributed by atoms with Gasteiger partial charge in [-0.15, -0.1) is 0 Å². The van der Waals surface area contributed by atoms with Gasteiger partial charge in [-0.25, -0.2) is 9.07 Å². The van der Waals surface area contributed by atoms with E-state index in [4.69, 9.17) is 0 Å². The Balaban J connectivity index is 1.59. The summed E-state index contributed by atoms with van der Waals surface area (Å²) in [6.45, 7) is 0.508. The number of hydrogen-bond acceptors (Lipinski definition) is 3. The van der Waals surface area contributed by atoms with Gasteiger partial charge in [0.1, 0.15) is 5.82 Å². The number of rotatable bonds is 6. The van der Waals surface area contributed by atoms with Crippen LogP contribution < -0.4 is 5.32 Å². The predicted octanol–water partition coefficient (Wildman–Crippen LogP) is 4.05. The van der Waals surface area contributed by atoms with Gasteiger partial charge in [-0.3, -0.25) is 9.78 Å². The lowest BCUT2D eigenvalue weighted by atomic mass is 10.1. The first-order valence-electron chi connectivity index (χ1n) is 9.29. The number of hydrogen-bond donors (Lipinski definition) is 1. The van der Waals surface area contributed by atoms with Gasteiger partial charge in [0.2, 0.25) is 0 Å². The summed E-state index contributed by atoms with van der Waals surface area (Å²) in [5.41, 5.74) is 3.63. The number of halogens is 1. The Morgan fingerprint density at radius 3 is 2.52 bits per heavy atom. The molecule has 0 unspecified atom stereocenters. The van der Waals surface area contributed by atoms with Crippen molar-refractivity contribution in [3.8, 4) is 16.9 Å². The first kappa shape index (κ1) is 18.6. The SMILES string of the molecule is O=C(NCCc1ccccc1)c1cc(-c2cccnc2)n(-c2ccc(F)cc2)n1.